The summed E-state index contributed by atoms with van der Waals surface area (Å²) in [7, 11) is -0.757. The second kappa shape index (κ2) is 4.32. The van der Waals surface area contributed by atoms with Crippen LogP contribution in [0.25, 0.3) is 4.91 Å². The van der Waals surface area contributed by atoms with Gasteiger partial charge in [-0.2, -0.15) is 0 Å². The van der Waals surface area contributed by atoms with Crippen LogP contribution in [0.5, 0.6) is 0 Å². The third kappa shape index (κ3) is 1.93. The van der Waals surface area contributed by atoms with Crippen LogP contribution in [-0.4, -0.2) is 15.7 Å². The molecular weight excluding hydrogens is 212 g/mol. The molecule has 0 radical (unpaired) electrons. The van der Waals surface area contributed by atoms with Crippen molar-refractivity contribution in [3.05, 3.63) is 40.8 Å². The van der Waals surface area contributed by atoms with Gasteiger partial charge >= 0.3 is 0 Å². The molecule has 0 bridgehead atoms. The molecule has 1 nitrogen and oxygen atoms in total. The first-order valence-corrected chi connectivity index (χ1v) is 6.87. The van der Waals surface area contributed by atoms with Gasteiger partial charge in [-0.25, -0.2) is 0 Å². The summed E-state index contributed by atoms with van der Waals surface area (Å²) in [6, 6.07) is 10.2. The molecule has 1 aromatic carbocycles. The second-order valence-electron chi connectivity index (χ2n) is 3.15. The van der Waals surface area contributed by atoms with Gasteiger partial charge in [0.15, 0.2) is 0 Å². The maximum Gasteiger partial charge on any atom is 0.0505 e. The zero-order chi connectivity index (χ0) is 9.97. The molecule has 74 valence electrons. The van der Waals surface area contributed by atoms with Gasteiger partial charge in [0.05, 0.1) is 10.8 Å². The largest absolute Gasteiger partial charge is 0.255 e. The lowest BCUT2D eigenvalue weighted by atomic mass is 10.2. The van der Waals surface area contributed by atoms with Gasteiger partial charge in [0.1, 0.15) is 0 Å². The number of benzene rings is 1. The van der Waals surface area contributed by atoms with Crippen LogP contribution in [-0.2, 0) is 10.8 Å². The zero-order valence-corrected chi connectivity index (χ0v) is 9.66. The summed E-state index contributed by atoms with van der Waals surface area (Å²) in [6.07, 6.45) is 0. The standard InChI is InChI=1S/C11H12OS2/c1-9-11(13-7-8-14(9)12)10-5-3-2-4-6-10/h2-6H,7-8H2,1H3. The molecule has 3 heteroatoms. The number of thioether (sulfide) groups is 1. The molecule has 0 N–H and O–H groups in total. The Morgan fingerprint density at radius 1 is 1.29 bits per heavy atom. The van der Waals surface area contributed by atoms with E-state index in [1.54, 1.807) is 0 Å². The second-order valence-corrected chi connectivity index (χ2v) is 5.97. The van der Waals surface area contributed by atoms with E-state index in [0.29, 0.717) is 0 Å². The molecule has 0 fully saturated rings. The molecule has 0 amide bonds. The van der Waals surface area contributed by atoms with Crippen LogP contribution in [0.2, 0.25) is 0 Å². The fourth-order valence-electron chi connectivity index (χ4n) is 1.45. The van der Waals surface area contributed by atoms with E-state index in [4.69, 9.17) is 0 Å². The van der Waals surface area contributed by atoms with Gasteiger partial charge in [-0.1, -0.05) is 30.3 Å². The maximum atomic E-state index is 11.6. The van der Waals surface area contributed by atoms with Crippen LogP contribution >= 0.6 is 11.8 Å². The van der Waals surface area contributed by atoms with Crippen LogP contribution in [0.1, 0.15) is 12.5 Å². The molecule has 0 spiro atoms. The highest BCUT2D eigenvalue weighted by Crippen LogP contribution is 2.35. The molecule has 2 rings (SSSR count). The Bertz CT molecular complexity index is 382. The molecule has 0 aliphatic carbocycles. The monoisotopic (exact) mass is 224 g/mol. The van der Waals surface area contributed by atoms with Gasteiger partial charge in [-0.15, -0.1) is 11.8 Å². The van der Waals surface area contributed by atoms with E-state index >= 15 is 0 Å². The van der Waals surface area contributed by atoms with E-state index in [1.165, 1.54) is 10.5 Å². The van der Waals surface area contributed by atoms with Crippen molar-refractivity contribution in [3.63, 3.8) is 0 Å². The van der Waals surface area contributed by atoms with E-state index in [9.17, 15) is 4.21 Å². The van der Waals surface area contributed by atoms with Crippen LogP contribution in [0, 0.1) is 0 Å². The molecule has 1 aliphatic rings. The Morgan fingerprint density at radius 2 is 2.00 bits per heavy atom. The summed E-state index contributed by atoms with van der Waals surface area (Å²) in [5.41, 5.74) is 1.20. The van der Waals surface area contributed by atoms with E-state index in [2.05, 4.69) is 12.1 Å². The SMILES string of the molecule is CC1=C(c2ccccc2)SCCS1=O. The van der Waals surface area contributed by atoms with E-state index in [-0.39, 0.29) is 0 Å². The fourth-order valence-corrected chi connectivity index (χ4v) is 4.19. The first kappa shape index (κ1) is 9.99. The van der Waals surface area contributed by atoms with Crippen molar-refractivity contribution in [2.24, 2.45) is 0 Å². The maximum absolute atomic E-state index is 11.6. The summed E-state index contributed by atoms with van der Waals surface area (Å²) in [4.78, 5) is 2.24. The van der Waals surface area contributed by atoms with E-state index < -0.39 is 10.8 Å². The molecule has 0 saturated heterocycles. The minimum atomic E-state index is -0.757. The highest BCUT2D eigenvalue weighted by Gasteiger charge is 2.16. The number of allylic oxidation sites excluding steroid dienone is 1. The Morgan fingerprint density at radius 3 is 2.71 bits per heavy atom. The van der Waals surface area contributed by atoms with Gasteiger partial charge in [0.25, 0.3) is 0 Å². The summed E-state index contributed by atoms with van der Waals surface area (Å²) >= 11 is 1.81. The normalized spacial score (nSPS) is 22.5. The lowest BCUT2D eigenvalue weighted by Gasteiger charge is -2.16. The van der Waals surface area contributed by atoms with E-state index in [1.807, 2.05) is 36.9 Å². The molecule has 1 aromatic rings. The molecule has 0 saturated carbocycles. The molecular formula is C11H12OS2. The van der Waals surface area contributed by atoms with Crippen molar-refractivity contribution >= 4 is 27.5 Å². The average Bonchev–Trinajstić information content (AvgIpc) is 2.23. The number of hydrogen-bond acceptors (Lipinski definition) is 2. The molecule has 14 heavy (non-hydrogen) atoms. The Kier molecular flexibility index (Phi) is 3.08. The van der Waals surface area contributed by atoms with Gasteiger partial charge in [0.2, 0.25) is 0 Å². The number of hydrogen-bond donors (Lipinski definition) is 0. The van der Waals surface area contributed by atoms with Gasteiger partial charge in [-0.3, -0.25) is 4.21 Å². The molecule has 1 atom stereocenters. The first-order valence-electron chi connectivity index (χ1n) is 4.56. The quantitative estimate of drug-likeness (QED) is 0.729. The summed E-state index contributed by atoms with van der Waals surface area (Å²) in [5.74, 6) is 1.76. The predicted octanol–water partition coefficient (Wildman–Crippen LogP) is 2.87. The van der Waals surface area contributed by atoms with Crippen molar-refractivity contribution in [1.82, 2.24) is 0 Å². The molecule has 1 heterocycles. The smallest absolute Gasteiger partial charge is 0.0505 e. The van der Waals surface area contributed by atoms with Crippen LogP contribution in [0.15, 0.2) is 35.2 Å². The third-order valence-corrected chi connectivity index (χ3v) is 5.30. The average molecular weight is 224 g/mol. The van der Waals surface area contributed by atoms with E-state index in [0.717, 1.165) is 16.4 Å². The van der Waals surface area contributed by atoms with Crippen molar-refractivity contribution in [2.45, 2.75) is 6.92 Å². The molecule has 1 unspecified atom stereocenters. The highest BCUT2D eigenvalue weighted by molar-refractivity contribution is 8.10. The minimum Gasteiger partial charge on any atom is -0.255 e. The van der Waals surface area contributed by atoms with Crippen molar-refractivity contribution < 1.29 is 4.21 Å². The lowest BCUT2D eigenvalue weighted by molar-refractivity contribution is 0.687. The third-order valence-electron chi connectivity index (χ3n) is 2.21. The number of rotatable bonds is 1. The molecule has 0 aromatic heterocycles. The zero-order valence-electron chi connectivity index (χ0n) is 8.03. The minimum absolute atomic E-state index is 0.757. The molecule has 1 aliphatic heterocycles. The Labute approximate surface area is 91.1 Å². The van der Waals surface area contributed by atoms with Gasteiger partial charge in [0, 0.05) is 21.3 Å². The highest BCUT2D eigenvalue weighted by atomic mass is 32.2. The Balaban J connectivity index is 2.43. The Hall–Kier alpha value is -0.540. The summed E-state index contributed by atoms with van der Waals surface area (Å²) < 4.78 is 11.6. The van der Waals surface area contributed by atoms with Crippen molar-refractivity contribution in [2.75, 3.05) is 11.5 Å². The fraction of sp³-hybridized carbons (Fsp3) is 0.273. The topological polar surface area (TPSA) is 17.1 Å². The lowest BCUT2D eigenvalue weighted by Crippen LogP contribution is -2.08. The summed E-state index contributed by atoms with van der Waals surface area (Å²) in [5, 5.41) is 0. The van der Waals surface area contributed by atoms with Gasteiger partial charge < -0.3 is 0 Å². The van der Waals surface area contributed by atoms with Gasteiger partial charge in [-0.05, 0) is 12.5 Å². The van der Waals surface area contributed by atoms with Crippen molar-refractivity contribution in [1.29, 1.82) is 0 Å². The van der Waals surface area contributed by atoms with Crippen LogP contribution in [0.4, 0.5) is 0 Å². The van der Waals surface area contributed by atoms with Crippen LogP contribution in [0.3, 0.4) is 0 Å². The van der Waals surface area contributed by atoms with Crippen molar-refractivity contribution in [3.8, 4) is 0 Å². The summed E-state index contributed by atoms with van der Waals surface area (Å²) in [6.45, 7) is 1.98. The first-order chi connectivity index (χ1) is 6.79. The predicted molar refractivity (Wildman–Crippen MR) is 64.5 cm³/mol. The van der Waals surface area contributed by atoms with Crippen LogP contribution < -0.4 is 0 Å².